The second kappa shape index (κ2) is 6.81. The summed E-state index contributed by atoms with van der Waals surface area (Å²) in [7, 11) is 0. The highest BCUT2D eigenvalue weighted by atomic mass is 35.5. The van der Waals surface area contributed by atoms with Gasteiger partial charge in [0.25, 0.3) is 0 Å². The van der Waals surface area contributed by atoms with Crippen LogP contribution in [-0.2, 0) is 0 Å². The standard InChI is InChI=1S/C12H17Cl2NO.ClH/c1-12(2,3)15-7-11(16)8-4-5-9(13)10(14)6-8;/h4-6,11,15-16H,7H2,1-3H3;1H. The van der Waals surface area contributed by atoms with Gasteiger partial charge in [0.2, 0.25) is 0 Å². The molecule has 1 rings (SSSR count). The molecule has 0 bridgehead atoms. The molecule has 0 radical (unpaired) electrons. The third kappa shape index (κ3) is 5.94. The number of aliphatic hydroxyl groups is 1. The van der Waals surface area contributed by atoms with Crippen molar-refractivity contribution in [3.05, 3.63) is 33.8 Å². The van der Waals surface area contributed by atoms with E-state index in [1.165, 1.54) is 0 Å². The lowest BCUT2D eigenvalue weighted by atomic mass is 10.1. The van der Waals surface area contributed by atoms with Crippen LogP contribution in [-0.4, -0.2) is 17.2 Å². The van der Waals surface area contributed by atoms with Crippen molar-refractivity contribution in [3.63, 3.8) is 0 Å². The van der Waals surface area contributed by atoms with Crippen molar-refractivity contribution >= 4 is 35.6 Å². The Morgan fingerprint density at radius 3 is 2.29 bits per heavy atom. The van der Waals surface area contributed by atoms with Crippen LogP contribution in [0.4, 0.5) is 0 Å². The number of nitrogens with one attached hydrogen (secondary N) is 1. The maximum Gasteiger partial charge on any atom is 0.0915 e. The number of β-amino-alcohol motifs (C(OH)–C–C–N with tert-alkyl or cyclic N) is 1. The van der Waals surface area contributed by atoms with Gasteiger partial charge in [-0.2, -0.15) is 0 Å². The summed E-state index contributed by atoms with van der Waals surface area (Å²) < 4.78 is 0. The van der Waals surface area contributed by atoms with E-state index in [1.54, 1.807) is 18.2 Å². The summed E-state index contributed by atoms with van der Waals surface area (Å²) in [5.74, 6) is 0. The van der Waals surface area contributed by atoms with E-state index in [-0.39, 0.29) is 17.9 Å². The van der Waals surface area contributed by atoms with Crippen LogP contribution in [0.25, 0.3) is 0 Å². The quantitative estimate of drug-likeness (QED) is 0.889. The van der Waals surface area contributed by atoms with Crippen molar-refractivity contribution in [1.29, 1.82) is 0 Å². The van der Waals surface area contributed by atoms with E-state index in [0.717, 1.165) is 5.56 Å². The van der Waals surface area contributed by atoms with Crippen LogP contribution in [0, 0.1) is 0 Å². The topological polar surface area (TPSA) is 32.3 Å². The maximum absolute atomic E-state index is 9.93. The number of hydrogen-bond acceptors (Lipinski definition) is 2. The molecule has 0 fully saturated rings. The minimum Gasteiger partial charge on any atom is -0.387 e. The fourth-order valence-corrected chi connectivity index (χ4v) is 1.55. The molecular formula is C12H18Cl3NO. The Balaban J connectivity index is 0.00000256. The molecule has 0 aliphatic heterocycles. The van der Waals surface area contributed by atoms with Gasteiger partial charge in [0.1, 0.15) is 0 Å². The molecule has 1 atom stereocenters. The Bertz CT molecular complexity index is 363. The minimum atomic E-state index is -0.575. The Morgan fingerprint density at radius 2 is 1.82 bits per heavy atom. The highest BCUT2D eigenvalue weighted by Crippen LogP contribution is 2.25. The number of halogens is 3. The first-order chi connectivity index (χ1) is 7.29. The first-order valence-electron chi connectivity index (χ1n) is 5.17. The lowest BCUT2D eigenvalue weighted by Crippen LogP contribution is -2.38. The fraction of sp³-hybridized carbons (Fsp3) is 0.500. The van der Waals surface area contributed by atoms with Crippen molar-refractivity contribution in [2.45, 2.75) is 32.4 Å². The normalized spacial score (nSPS) is 13.1. The van der Waals surface area contributed by atoms with Crippen LogP contribution in [0.15, 0.2) is 18.2 Å². The van der Waals surface area contributed by atoms with Crippen molar-refractivity contribution in [2.75, 3.05) is 6.54 Å². The van der Waals surface area contributed by atoms with Gasteiger partial charge in [0, 0.05) is 12.1 Å². The number of benzene rings is 1. The highest BCUT2D eigenvalue weighted by molar-refractivity contribution is 6.42. The van der Waals surface area contributed by atoms with Gasteiger partial charge in [-0.25, -0.2) is 0 Å². The van der Waals surface area contributed by atoms with Gasteiger partial charge >= 0.3 is 0 Å². The second-order valence-corrected chi connectivity index (χ2v) is 5.63. The van der Waals surface area contributed by atoms with E-state index >= 15 is 0 Å². The summed E-state index contributed by atoms with van der Waals surface area (Å²) in [5.41, 5.74) is 0.753. The lowest BCUT2D eigenvalue weighted by Gasteiger charge is -2.23. The van der Waals surface area contributed by atoms with Gasteiger partial charge in [-0.05, 0) is 38.5 Å². The first-order valence-corrected chi connectivity index (χ1v) is 5.93. The van der Waals surface area contributed by atoms with Crippen LogP contribution < -0.4 is 5.32 Å². The zero-order valence-electron chi connectivity index (χ0n) is 10.1. The van der Waals surface area contributed by atoms with Crippen LogP contribution in [0.1, 0.15) is 32.4 Å². The Morgan fingerprint density at radius 1 is 1.24 bits per heavy atom. The molecule has 0 amide bonds. The summed E-state index contributed by atoms with van der Waals surface area (Å²) in [6.07, 6.45) is -0.575. The molecule has 0 aliphatic carbocycles. The van der Waals surface area contributed by atoms with E-state index in [1.807, 2.05) is 0 Å². The average molecular weight is 299 g/mol. The molecule has 0 heterocycles. The molecule has 1 aromatic carbocycles. The molecule has 2 N–H and O–H groups in total. The van der Waals surface area contributed by atoms with Gasteiger partial charge in [-0.3, -0.25) is 0 Å². The predicted molar refractivity (Wildman–Crippen MR) is 76.4 cm³/mol. The van der Waals surface area contributed by atoms with Gasteiger partial charge in [-0.15, -0.1) is 12.4 Å². The Labute approximate surface area is 119 Å². The zero-order valence-corrected chi connectivity index (χ0v) is 12.5. The average Bonchev–Trinajstić information content (AvgIpc) is 2.17. The molecule has 0 aromatic heterocycles. The molecule has 5 heteroatoms. The molecule has 0 saturated heterocycles. The molecule has 0 spiro atoms. The predicted octanol–water partition coefficient (Wildman–Crippen LogP) is 3.84. The lowest BCUT2D eigenvalue weighted by molar-refractivity contribution is 0.163. The number of aliphatic hydroxyl groups excluding tert-OH is 1. The van der Waals surface area contributed by atoms with Gasteiger partial charge < -0.3 is 10.4 Å². The van der Waals surface area contributed by atoms with Crippen LogP contribution >= 0.6 is 35.6 Å². The van der Waals surface area contributed by atoms with E-state index in [0.29, 0.717) is 16.6 Å². The summed E-state index contributed by atoms with van der Waals surface area (Å²) in [6.45, 7) is 6.64. The molecule has 1 unspecified atom stereocenters. The summed E-state index contributed by atoms with van der Waals surface area (Å²) in [5, 5.41) is 14.1. The molecule has 98 valence electrons. The Kier molecular flexibility index (Phi) is 6.82. The zero-order chi connectivity index (χ0) is 12.3. The van der Waals surface area contributed by atoms with Gasteiger partial charge in [-0.1, -0.05) is 29.3 Å². The second-order valence-electron chi connectivity index (χ2n) is 4.82. The monoisotopic (exact) mass is 297 g/mol. The highest BCUT2D eigenvalue weighted by Gasteiger charge is 2.14. The van der Waals surface area contributed by atoms with E-state index in [4.69, 9.17) is 23.2 Å². The van der Waals surface area contributed by atoms with E-state index in [2.05, 4.69) is 26.1 Å². The molecule has 2 nitrogen and oxygen atoms in total. The van der Waals surface area contributed by atoms with Gasteiger partial charge in [0.15, 0.2) is 0 Å². The largest absolute Gasteiger partial charge is 0.387 e. The fourth-order valence-electron chi connectivity index (χ4n) is 1.24. The molecule has 1 aromatic rings. The van der Waals surface area contributed by atoms with E-state index < -0.39 is 6.10 Å². The number of rotatable bonds is 3. The van der Waals surface area contributed by atoms with Crippen molar-refractivity contribution in [3.8, 4) is 0 Å². The smallest absolute Gasteiger partial charge is 0.0915 e. The maximum atomic E-state index is 9.93. The SMILES string of the molecule is CC(C)(C)NCC(O)c1ccc(Cl)c(Cl)c1.Cl. The van der Waals surface area contributed by atoms with Crippen molar-refractivity contribution in [1.82, 2.24) is 5.32 Å². The first kappa shape index (κ1) is 17.0. The molecule has 0 aliphatic rings. The van der Waals surface area contributed by atoms with Crippen LogP contribution in [0.2, 0.25) is 10.0 Å². The molecule has 0 saturated carbocycles. The third-order valence-corrected chi connectivity index (χ3v) is 2.89. The molecule has 17 heavy (non-hydrogen) atoms. The Hall–Kier alpha value is 0.01000. The third-order valence-electron chi connectivity index (χ3n) is 2.15. The van der Waals surface area contributed by atoms with E-state index in [9.17, 15) is 5.11 Å². The van der Waals surface area contributed by atoms with Crippen molar-refractivity contribution in [2.24, 2.45) is 0 Å². The van der Waals surface area contributed by atoms with Crippen LogP contribution in [0.5, 0.6) is 0 Å². The van der Waals surface area contributed by atoms with Crippen molar-refractivity contribution < 1.29 is 5.11 Å². The molecular weight excluding hydrogens is 280 g/mol. The van der Waals surface area contributed by atoms with Gasteiger partial charge in [0.05, 0.1) is 16.1 Å². The summed E-state index contributed by atoms with van der Waals surface area (Å²) in [6, 6.07) is 5.17. The number of hydrogen-bond donors (Lipinski definition) is 2. The van der Waals surface area contributed by atoms with Crippen LogP contribution in [0.3, 0.4) is 0 Å². The summed E-state index contributed by atoms with van der Waals surface area (Å²) in [4.78, 5) is 0. The minimum absolute atomic E-state index is 0. The summed E-state index contributed by atoms with van der Waals surface area (Å²) >= 11 is 11.7.